The van der Waals surface area contributed by atoms with Crippen molar-refractivity contribution in [2.45, 2.75) is 0 Å². The maximum absolute atomic E-state index is 5.12. The standard InChI is InChI=1S/C7H11N3O/c1-10-4-3-6(11-2)5-7(10)9-8/h3-5H,8H2,1-2H3. The number of aromatic nitrogens is 1. The molecular weight excluding hydrogens is 142 g/mol. The zero-order valence-electron chi connectivity index (χ0n) is 6.61. The number of hydrogen-bond donors (Lipinski definition) is 1. The van der Waals surface area contributed by atoms with Gasteiger partial charge in [-0.15, -0.1) is 0 Å². The van der Waals surface area contributed by atoms with Crippen molar-refractivity contribution in [2.75, 3.05) is 7.11 Å². The Labute approximate surface area is 64.9 Å². The number of methoxy groups -OCH3 is 1. The molecule has 0 radical (unpaired) electrons. The molecule has 0 aliphatic carbocycles. The molecule has 0 atom stereocenters. The number of nitrogens with two attached hydrogens (primary N) is 1. The molecule has 0 spiro atoms. The van der Waals surface area contributed by atoms with E-state index >= 15 is 0 Å². The lowest BCUT2D eigenvalue weighted by Gasteiger charge is -2.01. The molecule has 0 bridgehead atoms. The van der Waals surface area contributed by atoms with Crippen LogP contribution in [0.5, 0.6) is 5.75 Å². The largest absolute Gasteiger partial charge is 0.497 e. The van der Waals surface area contributed by atoms with Crippen LogP contribution in [0, 0.1) is 0 Å². The third kappa shape index (κ3) is 1.52. The minimum Gasteiger partial charge on any atom is -0.497 e. The van der Waals surface area contributed by atoms with Crippen molar-refractivity contribution in [3.63, 3.8) is 0 Å². The number of ether oxygens (including phenoxy) is 1. The highest BCUT2D eigenvalue weighted by molar-refractivity contribution is 5.16. The quantitative estimate of drug-likeness (QED) is 0.449. The molecule has 4 nitrogen and oxygen atoms in total. The van der Waals surface area contributed by atoms with Gasteiger partial charge in [0.15, 0.2) is 5.49 Å². The predicted molar refractivity (Wildman–Crippen MR) is 41.7 cm³/mol. The van der Waals surface area contributed by atoms with Gasteiger partial charge in [-0.1, -0.05) is 0 Å². The fourth-order valence-corrected chi connectivity index (χ4v) is 0.794. The Morgan fingerprint density at radius 3 is 2.91 bits per heavy atom. The molecule has 0 saturated heterocycles. The lowest BCUT2D eigenvalue weighted by molar-refractivity contribution is 0.412. The molecule has 2 N–H and O–H groups in total. The fraction of sp³-hybridized carbons (Fsp3) is 0.286. The van der Waals surface area contributed by atoms with Crippen molar-refractivity contribution in [3.8, 4) is 5.75 Å². The molecule has 0 saturated carbocycles. The second-order valence-corrected chi connectivity index (χ2v) is 2.16. The normalized spacial score (nSPS) is 11.6. The van der Waals surface area contributed by atoms with E-state index in [-0.39, 0.29) is 0 Å². The maximum Gasteiger partial charge on any atom is 0.155 e. The molecule has 0 fully saturated rings. The first-order chi connectivity index (χ1) is 5.27. The van der Waals surface area contributed by atoms with Crippen molar-refractivity contribution < 1.29 is 4.74 Å². The molecule has 0 unspecified atom stereocenters. The van der Waals surface area contributed by atoms with Gasteiger partial charge < -0.3 is 15.1 Å². The second kappa shape index (κ2) is 3.09. The van der Waals surface area contributed by atoms with Crippen LogP contribution >= 0.6 is 0 Å². The lowest BCUT2D eigenvalue weighted by Crippen LogP contribution is -2.18. The van der Waals surface area contributed by atoms with Gasteiger partial charge in [0.25, 0.3) is 0 Å². The molecule has 4 heteroatoms. The monoisotopic (exact) mass is 153 g/mol. The topological polar surface area (TPSA) is 52.5 Å². The first-order valence-corrected chi connectivity index (χ1v) is 3.22. The summed E-state index contributed by atoms with van der Waals surface area (Å²) in [5, 5.41) is 3.56. The van der Waals surface area contributed by atoms with Crippen molar-refractivity contribution in [3.05, 3.63) is 23.8 Å². The van der Waals surface area contributed by atoms with Crippen LogP contribution in [-0.4, -0.2) is 11.7 Å². The minimum atomic E-state index is 0.685. The molecule has 1 heterocycles. The first-order valence-electron chi connectivity index (χ1n) is 3.22. The maximum atomic E-state index is 5.12. The Hall–Kier alpha value is -1.45. The van der Waals surface area contributed by atoms with E-state index in [0.717, 1.165) is 5.75 Å². The Morgan fingerprint density at radius 1 is 1.64 bits per heavy atom. The zero-order valence-corrected chi connectivity index (χ0v) is 6.61. The second-order valence-electron chi connectivity index (χ2n) is 2.16. The van der Waals surface area contributed by atoms with E-state index in [2.05, 4.69) is 5.10 Å². The van der Waals surface area contributed by atoms with E-state index in [0.29, 0.717) is 5.49 Å². The summed E-state index contributed by atoms with van der Waals surface area (Å²) in [4.78, 5) is 0. The van der Waals surface area contributed by atoms with Gasteiger partial charge in [0.05, 0.1) is 7.11 Å². The summed E-state index contributed by atoms with van der Waals surface area (Å²) in [6.07, 6.45) is 1.84. The number of aryl methyl sites for hydroxylation is 1. The molecular formula is C7H11N3O. The van der Waals surface area contributed by atoms with Gasteiger partial charge in [-0.2, -0.15) is 5.10 Å². The van der Waals surface area contributed by atoms with Crippen LogP contribution in [0.1, 0.15) is 0 Å². The molecule has 60 valence electrons. The number of hydrogen-bond acceptors (Lipinski definition) is 3. The first kappa shape index (κ1) is 7.65. The molecule has 0 aliphatic heterocycles. The van der Waals surface area contributed by atoms with E-state index in [1.165, 1.54) is 0 Å². The molecule has 1 aromatic rings. The van der Waals surface area contributed by atoms with Crippen LogP contribution in [0.2, 0.25) is 0 Å². The smallest absolute Gasteiger partial charge is 0.155 e. The lowest BCUT2D eigenvalue weighted by atomic mass is 10.4. The van der Waals surface area contributed by atoms with E-state index in [4.69, 9.17) is 10.6 Å². The molecule has 0 aliphatic rings. The summed E-state index contributed by atoms with van der Waals surface area (Å²) in [6.45, 7) is 0. The third-order valence-electron chi connectivity index (χ3n) is 1.46. The summed E-state index contributed by atoms with van der Waals surface area (Å²) < 4.78 is 6.79. The average molecular weight is 153 g/mol. The van der Waals surface area contributed by atoms with Crippen LogP contribution in [0.3, 0.4) is 0 Å². The number of rotatable bonds is 1. The molecule has 0 amide bonds. The highest BCUT2D eigenvalue weighted by atomic mass is 16.5. The Kier molecular flexibility index (Phi) is 2.15. The molecule has 11 heavy (non-hydrogen) atoms. The van der Waals surface area contributed by atoms with Gasteiger partial charge in [-0.3, -0.25) is 0 Å². The van der Waals surface area contributed by atoms with Crippen LogP contribution in [0.4, 0.5) is 0 Å². The van der Waals surface area contributed by atoms with Crippen LogP contribution in [-0.2, 0) is 7.05 Å². The van der Waals surface area contributed by atoms with E-state index < -0.39 is 0 Å². The predicted octanol–water partition coefficient (Wildman–Crippen LogP) is -0.192. The summed E-state index contributed by atoms with van der Waals surface area (Å²) in [5.74, 6) is 5.88. The van der Waals surface area contributed by atoms with Gasteiger partial charge in [-0.05, 0) is 6.07 Å². The van der Waals surface area contributed by atoms with Crippen LogP contribution < -0.4 is 16.1 Å². The summed E-state index contributed by atoms with van der Waals surface area (Å²) in [7, 11) is 3.47. The SMILES string of the molecule is COc1ccn(C)c(=NN)c1. The molecule has 1 aromatic heterocycles. The fourth-order valence-electron chi connectivity index (χ4n) is 0.794. The highest BCUT2D eigenvalue weighted by Gasteiger charge is 1.90. The minimum absolute atomic E-state index is 0.685. The highest BCUT2D eigenvalue weighted by Crippen LogP contribution is 2.02. The van der Waals surface area contributed by atoms with E-state index in [9.17, 15) is 0 Å². The average Bonchev–Trinajstić information content (AvgIpc) is 2.05. The summed E-state index contributed by atoms with van der Waals surface area (Å²) in [5.41, 5.74) is 0.685. The van der Waals surface area contributed by atoms with Gasteiger partial charge in [0, 0.05) is 19.3 Å². The Balaban J connectivity index is 3.24. The van der Waals surface area contributed by atoms with Crippen molar-refractivity contribution in [1.29, 1.82) is 0 Å². The van der Waals surface area contributed by atoms with Crippen molar-refractivity contribution in [1.82, 2.24) is 4.57 Å². The van der Waals surface area contributed by atoms with Crippen LogP contribution in [0.25, 0.3) is 0 Å². The van der Waals surface area contributed by atoms with E-state index in [1.54, 1.807) is 13.2 Å². The van der Waals surface area contributed by atoms with Crippen molar-refractivity contribution in [2.24, 2.45) is 18.0 Å². The number of nitrogens with zero attached hydrogens (tertiary/aromatic N) is 2. The third-order valence-corrected chi connectivity index (χ3v) is 1.46. The Morgan fingerprint density at radius 2 is 2.36 bits per heavy atom. The van der Waals surface area contributed by atoms with Gasteiger partial charge in [0.2, 0.25) is 0 Å². The van der Waals surface area contributed by atoms with Gasteiger partial charge in [-0.25, -0.2) is 0 Å². The van der Waals surface area contributed by atoms with Gasteiger partial charge >= 0.3 is 0 Å². The zero-order chi connectivity index (χ0) is 8.27. The van der Waals surface area contributed by atoms with Crippen LogP contribution in [0.15, 0.2) is 23.4 Å². The number of pyridine rings is 1. The van der Waals surface area contributed by atoms with Gasteiger partial charge in [0.1, 0.15) is 5.75 Å². The summed E-state index contributed by atoms with van der Waals surface area (Å²) >= 11 is 0. The molecule has 1 rings (SSSR count). The molecule has 0 aromatic carbocycles. The Bertz CT molecular complexity index is 303. The summed E-state index contributed by atoms with van der Waals surface area (Å²) in [6, 6.07) is 3.61. The van der Waals surface area contributed by atoms with Crippen molar-refractivity contribution >= 4 is 0 Å². The van der Waals surface area contributed by atoms with E-state index in [1.807, 2.05) is 23.9 Å².